The summed E-state index contributed by atoms with van der Waals surface area (Å²) in [5, 5.41) is 3.22. The van der Waals surface area contributed by atoms with Gasteiger partial charge in [-0.2, -0.15) is 0 Å². The van der Waals surface area contributed by atoms with E-state index in [1.165, 1.54) is 12.1 Å². The highest BCUT2D eigenvalue weighted by atomic mass is 35.5. The first-order valence-electron chi connectivity index (χ1n) is 7.97. The zero-order valence-electron chi connectivity index (χ0n) is 14.0. The normalized spacial score (nSPS) is 14.4. The zero-order valence-corrected chi connectivity index (χ0v) is 15.5. The third-order valence-electron chi connectivity index (χ3n) is 3.98. The maximum absolute atomic E-state index is 12.5. The van der Waals surface area contributed by atoms with Gasteiger partial charge in [0.25, 0.3) is 5.91 Å². The van der Waals surface area contributed by atoms with Crippen LogP contribution in [0.2, 0.25) is 5.02 Å². The van der Waals surface area contributed by atoms with Crippen LogP contribution in [0, 0.1) is 13.8 Å². The lowest BCUT2D eigenvalue weighted by Gasteiger charge is -2.12. The van der Waals surface area contributed by atoms with Crippen molar-refractivity contribution in [3.05, 3.63) is 58.1 Å². The second-order valence-corrected chi connectivity index (χ2v) is 8.44. The summed E-state index contributed by atoms with van der Waals surface area (Å²) >= 11 is 6.21. The summed E-state index contributed by atoms with van der Waals surface area (Å²) in [5.74, 6) is -0.405. The Labute approximate surface area is 152 Å². The summed E-state index contributed by atoms with van der Waals surface area (Å²) in [7, 11) is -3.60. The van der Waals surface area contributed by atoms with Crippen LogP contribution in [0.1, 0.15) is 34.3 Å². The van der Waals surface area contributed by atoms with Gasteiger partial charge in [-0.3, -0.25) is 4.79 Å². The number of sulfonamides is 1. The highest BCUT2D eigenvalue weighted by molar-refractivity contribution is 7.89. The molecule has 7 heteroatoms. The molecular formula is C18H19ClN2O3S. The fraction of sp³-hybridized carbons (Fsp3) is 0.278. The van der Waals surface area contributed by atoms with Crippen molar-refractivity contribution in [1.29, 1.82) is 0 Å². The Morgan fingerprint density at radius 1 is 1.16 bits per heavy atom. The van der Waals surface area contributed by atoms with Crippen molar-refractivity contribution in [2.75, 3.05) is 5.32 Å². The predicted molar refractivity (Wildman–Crippen MR) is 98.7 cm³/mol. The van der Waals surface area contributed by atoms with E-state index in [2.05, 4.69) is 10.0 Å². The van der Waals surface area contributed by atoms with Crippen LogP contribution in [0.15, 0.2) is 41.3 Å². The molecule has 132 valence electrons. The van der Waals surface area contributed by atoms with Crippen LogP contribution in [0.3, 0.4) is 0 Å². The summed E-state index contributed by atoms with van der Waals surface area (Å²) in [4.78, 5) is 12.6. The van der Waals surface area contributed by atoms with Gasteiger partial charge in [0.1, 0.15) is 0 Å². The molecule has 25 heavy (non-hydrogen) atoms. The van der Waals surface area contributed by atoms with Crippen LogP contribution < -0.4 is 10.0 Å². The van der Waals surface area contributed by atoms with Crippen molar-refractivity contribution in [1.82, 2.24) is 4.72 Å². The Balaban J connectivity index is 1.85. The summed E-state index contributed by atoms with van der Waals surface area (Å²) in [6.45, 7) is 3.78. The number of aryl methyl sites for hydroxylation is 2. The van der Waals surface area contributed by atoms with Gasteiger partial charge in [0, 0.05) is 11.6 Å². The quantitative estimate of drug-likeness (QED) is 0.833. The average molecular weight is 379 g/mol. The molecule has 2 N–H and O–H groups in total. The van der Waals surface area contributed by atoms with E-state index in [9.17, 15) is 13.2 Å². The summed E-state index contributed by atoms with van der Waals surface area (Å²) in [6, 6.07) is 9.68. The van der Waals surface area contributed by atoms with Gasteiger partial charge < -0.3 is 5.32 Å². The number of hydrogen-bond acceptors (Lipinski definition) is 3. The van der Waals surface area contributed by atoms with E-state index >= 15 is 0 Å². The van der Waals surface area contributed by atoms with Gasteiger partial charge in [0.15, 0.2) is 0 Å². The molecular weight excluding hydrogens is 360 g/mol. The van der Waals surface area contributed by atoms with Crippen molar-refractivity contribution >= 4 is 33.2 Å². The molecule has 1 aliphatic rings. The third kappa shape index (κ3) is 4.21. The lowest BCUT2D eigenvalue weighted by Crippen LogP contribution is -2.26. The summed E-state index contributed by atoms with van der Waals surface area (Å²) < 4.78 is 27.2. The van der Waals surface area contributed by atoms with E-state index in [0.29, 0.717) is 10.7 Å². The Kier molecular flexibility index (Phi) is 4.86. The number of amides is 1. The minimum atomic E-state index is -3.60. The summed E-state index contributed by atoms with van der Waals surface area (Å²) in [6.07, 6.45) is 1.70. The van der Waals surface area contributed by atoms with Gasteiger partial charge in [-0.1, -0.05) is 23.7 Å². The lowest BCUT2D eigenvalue weighted by atomic mass is 10.1. The number of nitrogens with one attached hydrogen (secondary N) is 2. The van der Waals surface area contributed by atoms with E-state index in [-0.39, 0.29) is 16.5 Å². The third-order valence-corrected chi connectivity index (χ3v) is 5.79. The Morgan fingerprint density at radius 2 is 1.88 bits per heavy atom. The molecule has 0 bridgehead atoms. The Bertz CT molecular complexity index is 914. The van der Waals surface area contributed by atoms with Crippen molar-refractivity contribution in [3.63, 3.8) is 0 Å². The number of hydrogen-bond donors (Lipinski definition) is 2. The van der Waals surface area contributed by atoms with Gasteiger partial charge in [-0.25, -0.2) is 13.1 Å². The zero-order chi connectivity index (χ0) is 18.2. The van der Waals surface area contributed by atoms with E-state index < -0.39 is 15.9 Å². The number of anilines is 1. The highest BCUT2D eigenvalue weighted by Gasteiger charge is 2.28. The molecule has 0 radical (unpaired) electrons. The molecule has 3 rings (SSSR count). The molecule has 5 nitrogen and oxygen atoms in total. The van der Waals surface area contributed by atoms with Crippen LogP contribution in [0.5, 0.6) is 0 Å². The van der Waals surface area contributed by atoms with Gasteiger partial charge in [0.2, 0.25) is 10.0 Å². The Hall–Kier alpha value is -1.89. The van der Waals surface area contributed by atoms with Crippen molar-refractivity contribution in [2.24, 2.45) is 0 Å². The van der Waals surface area contributed by atoms with Crippen molar-refractivity contribution in [3.8, 4) is 0 Å². The molecule has 0 spiro atoms. The number of benzene rings is 2. The maximum atomic E-state index is 12.5. The van der Waals surface area contributed by atoms with E-state index in [0.717, 1.165) is 24.0 Å². The molecule has 0 heterocycles. The summed E-state index contributed by atoms with van der Waals surface area (Å²) in [5.41, 5.74) is 2.63. The van der Waals surface area contributed by atoms with Crippen molar-refractivity contribution < 1.29 is 13.2 Å². The van der Waals surface area contributed by atoms with E-state index in [1.54, 1.807) is 18.2 Å². The monoisotopic (exact) mass is 378 g/mol. The van der Waals surface area contributed by atoms with E-state index in [1.807, 2.05) is 19.9 Å². The van der Waals surface area contributed by atoms with Crippen LogP contribution in [-0.4, -0.2) is 20.4 Å². The highest BCUT2D eigenvalue weighted by Crippen LogP contribution is 2.28. The number of rotatable bonds is 5. The van der Waals surface area contributed by atoms with Gasteiger partial charge in [-0.05, 0) is 62.1 Å². The van der Waals surface area contributed by atoms with Crippen LogP contribution in [-0.2, 0) is 10.0 Å². The van der Waals surface area contributed by atoms with Crippen LogP contribution in [0.25, 0.3) is 0 Å². The minimum Gasteiger partial charge on any atom is -0.320 e. The minimum absolute atomic E-state index is 0.0106. The molecule has 2 aromatic carbocycles. The Morgan fingerprint density at radius 3 is 2.52 bits per heavy atom. The molecule has 0 saturated heterocycles. The first-order valence-corrected chi connectivity index (χ1v) is 9.83. The number of carbonyl (C=O) groups is 1. The molecule has 1 amide bonds. The number of halogens is 1. The maximum Gasteiger partial charge on any atom is 0.255 e. The smallest absolute Gasteiger partial charge is 0.255 e. The molecule has 1 aliphatic carbocycles. The van der Waals surface area contributed by atoms with Crippen LogP contribution in [0.4, 0.5) is 5.69 Å². The molecule has 0 atom stereocenters. The topological polar surface area (TPSA) is 75.3 Å². The number of carbonyl (C=O) groups excluding carboxylic acids is 1. The lowest BCUT2D eigenvalue weighted by molar-refractivity contribution is 0.102. The largest absolute Gasteiger partial charge is 0.320 e. The first kappa shape index (κ1) is 17.9. The predicted octanol–water partition coefficient (Wildman–Crippen LogP) is 3.65. The molecule has 1 fully saturated rings. The molecule has 0 aliphatic heterocycles. The van der Waals surface area contributed by atoms with E-state index in [4.69, 9.17) is 11.6 Å². The fourth-order valence-electron chi connectivity index (χ4n) is 2.55. The second-order valence-electron chi connectivity index (χ2n) is 6.32. The molecule has 2 aromatic rings. The molecule has 0 unspecified atom stereocenters. The van der Waals surface area contributed by atoms with Gasteiger partial charge in [-0.15, -0.1) is 0 Å². The average Bonchev–Trinajstić information content (AvgIpc) is 3.34. The van der Waals surface area contributed by atoms with Gasteiger partial charge in [0.05, 0.1) is 15.6 Å². The van der Waals surface area contributed by atoms with Crippen LogP contribution >= 0.6 is 11.6 Å². The first-order chi connectivity index (χ1) is 11.8. The second kappa shape index (κ2) is 6.78. The van der Waals surface area contributed by atoms with Crippen molar-refractivity contribution in [2.45, 2.75) is 37.6 Å². The standard InChI is InChI=1S/C18H19ClN2O3S/c1-11-8-12(2)17(16(19)9-11)20-18(22)13-4-3-5-15(10-13)25(23,24)21-14-6-7-14/h3-5,8-10,14,21H,6-7H2,1-2H3,(H,20,22). The van der Waals surface area contributed by atoms with Gasteiger partial charge >= 0.3 is 0 Å². The fourth-order valence-corrected chi connectivity index (χ4v) is 4.27. The molecule has 0 aromatic heterocycles. The SMILES string of the molecule is Cc1cc(C)c(NC(=O)c2cccc(S(=O)(=O)NC3CC3)c2)c(Cl)c1. The molecule has 1 saturated carbocycles.